The quantitative estimate of drug-likeness (QED) is 0.590. The van der Waals surface area contributed by atoms with E-state index in [2.05, 4.69) is 53.4 Å². The number of anilines is 3. The summed E-state index contributed by atoms with van der Waals surface area (Å²) in [5.41, 5.74) is 12.2. The van der Waals surface area contributed by atoms with E-state index in [1.54, 1.807) is 4.90 Å². The Balaban J connectivity index is 1.67. The Morgan fingerprint density at radius 2 is 1.53 bits per heavy atom. The summed E-state index contributed by atoms with van der Waals surface area (Å²) in [6, 6.07) is 24.3. The van der Waals surface area contributed by atoms with Crippen LogP contribution >= 0.6 is 0 Å². The van der Waals surface area contributed by atoms with Crippen molar-refractivity contribution < 1.29 is 4.79 Å². The first-order valence-corrected chi connectivity index (χ1v) is 10.7. The fourth-order valence-corrected chi connectivity index (χ4v) is 4.29. The number of piperidine rings is 1. The van der Waals surface area contributed by atoms with Gasteiger partial charge in [0.25, 0.3) is 0 Å². The highest BCUT2D eigenvalue weighted by atomic mass is 16.2. The second-order valence-corrected chi connectivity index (χ2v) is 7.99. The largest absolute Gasteiger partial charge is 0.370 e. The summed E-state index contributed by atoms with van der Waals surface area (Å²) in [6.07, 6.45) is 4.48. The molecule has 4 heteroatoms. The summed E-state index contributed by atoms with van der Waals surface area (Å²) in [4.78, 5) is 16.6. The molecule has 0 aromatic heterocycles. The number of carbonyl (C=O) groups excluding carboxylic acids is 1. The Kier molecular flexibility index (Phi) is 6.03. The molecule has 0 atom stereocenters. The van der Waals surface area contributed by atoms with Gasteiger partial charge in [0.1, 0.15) is 0 Å². The Labute approximate surface area is 178 Å². The van der Waals surface area contributed by atoms with Gasteiger partial charge in [-0.2, -0.15) is 0 Å². The van der Waals surface area contributed by atoms with Crippen molar-refractivity contribution in [3.05, 3.63) is 89.5 Å². The zero-order valence-corrected chi connectivity index (χ0v) is 17.6. The van der Waals surface area contributed by atoms with Crippen LogP contribution < -0.4 is 15.5 Å². The van der Waals surface area contributed by atoms with E-state index in [1.807, 2.05) is 31.2 Å². The maximum atomic E-state index is 12.6. The molecule has 4 rings (SSSR count). The molecular formula is C26H29N3O. The number of amides is 2. The number of primary amides is 1. The lowest BCUT2D eigenvalue weighted by molar-refractivity contribution is 0.256. The molecule has 0 radical (unpaired) electrons. The molecule has 4 nitrogen and oxygen atoms in total. The van der Waals surface area contributed by atoms with Gasteiger partial charge in [-0.3, -0.25) is 4.90 Å². The van der Waals surface area contributed by atoms with Crippen LogP contribution in [0.2, 0.25) is 0 Å². The van der Waals surface area contributed by atoms with Crippen molar-refractivity contribution in [2.75, 3.05) is 22.9 Å². The van der Waals surface area contributed by atoms with Gasteiger partial charge in [-0.05, 0) is 67.5 Å². The fourth-order valence-electron chi connectivity index (χ4n) is 4.29. The van der Waals surface area contributed by atoms with Crippen LogP contribution in [0.25, 0.3) is 0 Å². The molecule has 0 spiro atoms. The number of carbonyl (C=O) groups is 1. The van der Waals surface area contributed by atoms with Crippen LogP contribution in [-0.2, 0) is 6.42 Å². The second-order valence-electron chi connectivity index (χ2n) is 7.99. The molecule has 2 N–H and O–H groups in total. The van der Waals surface area contributed by atoms with Gasteiger partial charge in [-0.25, -0.2) is 4.79 Å². The zero-order chi connectivity index (χ0) is 20.9. The minimum Gasteiger partial charge on any atom is -0.370 e. The van der Waals surface area contributed by atoms with Crippen molar-refractivity contribution in [3.8, 4) is 0 Å². The Bertz CT molecular complexity index is 993. The molecule has 0 saturated carbocycles. The van der Waals surface area contributed by atoms with Crippen molar-refractivity contribution in [2.24, 2.45) is 5.73 Å². The van der Waals surface area contributed by atoms with Crippen molar-refractivity contribution in [1.29, 1.82) is 0 Å². The predicted octanol–water partition coefficient (Wildman–Crippen LogP) is 5.79. The predicted molar refractivity (Wildman–Crippen MR) is 125 cm³/mol. The SMILES string of the molecule is Cc1cccc(N2CCCCC2)c1N(C(N)=O)c1ccc(Cc2ccccc2)cc1. The molecule has 2 amide bonds. The van der Waals surface area contributed by atoms with Gasteiger partial charge in [0.15, 0.2) is 0 Å². The highest BCUT2D eigenvalue weighted by molar-refractivity contribution is 6.02. The number of hydrogen-bond acceptors (Lipinski definition) is 2. The van der Waals surface area contributed by atoms with E-state index in [9.17, 15) is 4.79 Å². The van der Waals surface area contributed by atoms with Crippen molar-refractivity contribution in [1.82, 2.24) is 0 Å². The molecule has 0 aliphatic carbocycles. The lowest BCUT2D eigenvalue weighted by atomic mass is 10.0. The Morgan fingerprint density at radius 3 is 2.20 bits per heavy atom. The Hall–Kier alpha value is -3.27. The number of urea groups is 1. The number of rotatable bonds is 5. The summed E-state index contributed by atoms with van der Waals surface area (Å²) in [5.74, 6) is 0. The van der Waals surface area contributed by atoms with Crippen LogP contribution in [0.5, 0.6) is 0 Å². The van der Waals surface area contributed by atoms with Crippen molar-refractivity contribution >= 4 is 23.1 Å². The van der Waals surface area contributed by atoms with Gasteiger partial charge >= 0.3 is 6.03 Å². The minimum atomic E-state index is -0.460. The molecule has 1 saturated heterocycles. The third kappa shape index (κ3) is 4.33. The number of para-hydroxylation sites is 1. The fraction of sp³-hybridized carbons (Fsp3) is 0.269. The molecule has 1 aliphatic heterocycles. The molecule has 0 unspecified atom stereocenters. The normalized spacial score (nSPS) is 13.8. The molecule has 1 aliphatic rings. The summed E-state index contributed by atoms with van der Waals surface area (Å²) >= 11 is 0. The van der Waals surface area contributed by atoms with E-state index in [0.29, 0.717) is 0 Å². The van der Waals surface area contributed by atoms with Crippen molar-refractivity contribution in [3.63, 3.8) is 0 Å². The standard InChI is InChI=1S/C26H29N3O/c1-20-9-8-12-24(28-17-6-3-7-18-28)25(20)29(26(27)30)23-15-13-22(14-16-23)19-21-10-4-2-5-11-21/h2,4-5,8-16H,3,6-7,17-19H2,1H3,(H2,27,30). The molecule has 3 aromatic carbocycles. The van der Waals surface area contributed by atoms with E-state index in [4.69, 9.17) is 5.73 Å². The number of nitrogens with zero attached hydrogens (tertiary/aromatic N) is 2. The van der Waals surface area contributed by atoms with E-state index < -0.39 is 6.03 Å². The minimum absolute atomic E-state index is 0.460. The van der Waals surface area contributed by atoms with Gasteiger partial charge < -0.3 is 10.6 Å². The lowest BCUT2D eigenvalue weighted by Crippen LogP contribution is -2.35. The number of benzene rings is 3. The number of nitrogens with two attached hydrogens (primary N) is 1. The van der Waals surface area contributed by atoms with Crippen LogP contribution in [0.15, 0.2) is 72.8 Å². The van der Waals surface area contributed by atoms with E-state index in [0.717, 1.165) is 42.1 Å². The average Bonchev–Trinajstić information content (AvgIpc) is 2.77. The molecule has 30 heavy (non-hydrogen) atoms. The van der Waals surface area contributed by atoms with E-state index in [-0.39, 0.29) is 0 Å². The highest BCUT2D eigenvalue weighted by Crippen LogP contribution is 2.38. The monoisotopic (exact) mass is 399 g/mol. The van der Waals surface area contributed by atoms with Gasteiger partial charge in [-0.15, -0.1) is 0 Å². The lowest BCUT2D eigenvalue weighted by Gasteiger charge is -2.34. The molecule has 1 fully saturated rings. The highest BCUT2D eigenvalue weighted by Gasteiger charge is 2.24. The van der Waals surface area contributed by atoms with Gasteiger partial charge in [0.05, 0.1) is 17.1 Å². The number of hydrogen-bond donors (Lipinski definition) is 1. The van der Waals surface area contributed by atoms with Gasteiger partial charge in [0.2, 0.25) is 0 Å². The van der Waals surface area contributed by atoms with Crippen molar-refractivity contribution in [2.45, 2.75) is 32.6 Å². The second kappa shape index (κ2) is 9.04. The summed E-state index contributed by atoms with van der Waals surface area (Å²) in [5, 5.41) is 0. The van der Waals surface area contributed by atoms with Crippen LogP contribution in [0.4, 0.5) is 21.9 Å². The first kappa shape index (κ1) is 20.0. The molecule has 3 aromatic rings. The topological polar surface area (TPSA) is 49.6 Å². The number of aryl methyl sites for hydroxylation is 1. The van der Waals surface area contributed by atoms with Crippen LogP contribution in [0, 0.1) is 6.92 Å². The summed E-state index contributed by atoms with van der Waals surface area (Å²) in [7, 11) is 0. The summed E-state index contributed by atoms with van der Waals surface area (Å²) < 4.78 is 0. The first-order chi connectivity index (χ1) is 14.6. The molecule has 0 bridgehead atoms. The molecule has 1 heterocycles. The van der Waals surface area contributed by atoms with E-state index >= 15 is 0 Å². The smallest absolute Gasteiger partial charge is 0.323 e. The van der Waals surface area contributed by atoms with Crippen LogP contribution in [0.1, 0.15) is 36.0 Å². The van der Waals surface area contributed by atoms with Crippen LogP contribution in [0.3, 0.4) is 0 Å². The van der Waals surface area contributed by atoms with E-state index in [1.165, 1.54) is 30.4 Å². The maximum Gasteiger partial charge on any atom is 0.323 e. The van der Waals surface area contributed by atoms with Gasteiger partial charge in [-0.1, -0.05) is 54.6 Å². The summed E-state index contributed by atoms with van der Waals surface area (Å²) in [6.45, 7) is 4.07. The third-order valence-electron chi connectivity index (χ3n) is 5.80. The first-order valence-electron chi connectivity index (χ1n) is 10.7. The molecule has 154 valence electrons. The van der Waals surface area contributed by atoms with Crippen LogP contribution in [-0.4, -0.2) is 19.1 Å². The third-order valence-corrected chi connectivity index (χ3v) is 5.80. The zero-order valence-electron chi connectivity index (χ0n) is 17.6. The average molecular weight is 400 g/mol. The van der Waals surface area contributed by atoms with Gasteiger partial charge in [0, 0.05) is 13.1 Å². The Morgan fingerprint density at radius 1 is 0.867 bits per heavy atom. The maximum absolute atomic E-state index is 12.6. The molecular weight excluding hydrogens is 370 g/mol.